The molecule has 0 saturated carbocycles. The fraction of sp³-hybridized carbons (Fsp3) is 0.273. The third-order valence-corrected chi connectivity index (χ3v) is 8.89. The quantitative estimate of drug-likeness (QED) is 0.0374. The van der Waals surface area contributed by atoms with Crippen molar-refractivity contribution in [2.75, 3.05) is 34.5 Å². The number of esters is 1. The fourth-order valence-corrected chi connectivity index (χ4v) is 5.91. The molecule has 9 nitrogen and oxygen atoms in total. The van der Waals surface area contributed by atoms with Gasteiger partial charge in [0.05, 0.1) is 34.5 Å². The lowest BCUT2D eigenvalue weighted by atomic mass is 10.1. The number of rotatable bonds is 18. The van der Waals surface area contributed by atoms with Crippen LogP contribution < -0.4 is 18.9 Å². The second kappa shape index (κ2) is 24.5. The van der Waals surface area contributed by atoms with Gasteiger partial charge in [0.1, 0.15) is 50.8 Å². The molecule has 1 aromatic heterocycles. The number of nitrogens with zero attached hydrogens (tertiary/aromatic N) is 1. The monoisotopic (exact) mass is 751 g/mol. The summed E-state index contributed by atoms with van der Waals surface area (Å²) in [5, 5.41) is 0.901. The molecule has 0 bridgehead atoms. The smallest absolute Gasteiger partial charge is 0.330 e. The van der Waals surface area contributed by atoms with Crippen molar-refractivity contribution >= 4 is 52.2 Å². The van der Waals surface area contributed by atoms with Crippen molar-refractivity contribution in [3.63, 3.8) is 0 Å². The summed E-state index contributed by atoms with van der Waals surface area (Å²) < 4.78 is 27.4. The Hall–Kier alpha value is -5.74. The predicted octanol–water partition coefficient (Wildman–Crippen LogP) is 10.1. The van der Waals surface area contributed by atoms with Gasteiger partial charge in [-0.3, -0.25) is 9.59 Å². The van der Waals surface area contributed by atoms with Crippen LogP contribution >= 0.6 is 11.3 Å². The highest BCUT2D eigenvalue weighted by atomic mass is 32.1. The van der Waals surface area contributed by atoms with Crippen molar-refractivity contribution in [2.24, 2.45) is 0 Å². The van der Waals surface area contributed by atoms with E-state index in [9.17, 15) is 14.4 Å². The van der Waals surface area contributed by atoms with Crippen molar-refractivity contribution in [1.29, 1.82) is 0 Å². The molecule has 1 heterocycles. The average Bonchev–Trinajstić information content (AvgIpc) is 3.66. The van der Waals surface area contributed by atoms with Crippen LogP contribution in [0.3, 0.4) is 0 Å². The zero-order chi connectivity index (χ0) is 39.0. The number of aromatic nitrogens is 1. The molecule has 54 heavy (non-hydrogen) atoms. The lowest BCUT2D eigenvalue weighted by Gasteiger charge is -2.06. The first kappa shape index (κ1) is 42.7. The molecule has 5 aromatic rings. The van der Waals surface area contributed by atoms with E-state index in [1.165, 1.54) is 11.6 Å². The summed E-state index contributed by atoms with van der Waals surface area (Å²) in [5.41, 5.74) is 4.62. The predicted molar refractivity (Wildman–Crippen MR) is 217 cm³/mol. The van der Waals surface area contributed by atoms with E-state index in [1.54, 1.807) is 56.9 Å². The summed E-state index contributed by atoms with van der Waals surface area (Å²) >= 11 is 1.58. The second-order valence-electron chi connectivity index (χ2n) is 11.7. The molecule has 0 unspecified atom stereocenters. The molecule has 284 valence electrons. The van der Waals surface area contributed by atoms with Gasteiger partial charge in [-0.1, -0.05) is 62.4 Å². The van der Waals surface area contributed by atoms with Crippen LogP contribution in [0.15, 0.2) is 97.6 Å². The minimum absolute atomic E-state index is 0.368. The Kier molecular flexibility index (Phi) is 19.4. The Balaban J connectivity index is 0.000000231. The van der Waals surface area contributed by atoms with Crippen LogP contribution in [0.4, 0.5) is 0 Å². The molecular weight excluding hydrogens is 703 g/mol. The first-order chi connectivity index (χ1) is 26.4. The van der Waals surface area contributed by atoms with E-state index < -0.39 is 0 Å². The molecule has 0 aliphatic carbocycles. The van der Waals surface area contributed by atoms with E-state index in [4.69, 9.17) is 23.7 Å². The van der Waals surface area contributed by atoms with Gasteiger partial charge in [-0.2, -0.15) is 0 Å². The van der Waals surface area contributed by atoms with Crippen LogP contribution in [0, 0.1) is 0 Å². The highest BCUT2D eigenvalue weighted by Crippen LogP contribution is 2.37. The Morgan fingerprint density at radius 1 is 0.685 bits per heavy atom. The molecule has 5 rings (SSSR count). The van der Waals surface area contributed by atoms with Crippen molar-refractivity contribution < 1.29 is 38.1 Å². The van der Waals surface area contributed by atoms with Crippen LogP contribution in [0.1, 0.15) is 75.9 Å². The summed E-state index contributed by atoms with van der Waals surface area (Å²) in [6.45, 7) is 6.56. The van der Waals surface area contributed by atoms with E-state index >= 15 is 0 Å². The molecule has 4 aromatic carbocycles. The van der Waals surface area contributed by atoms with Gasteiger partial charge in [0.25, 0.3) is 0 Å². The normalized spacial score (nSPS) is 10.3. The van der Waals surface area contributed by atoms with Crippen LogP contribution in [0.25, 0.3) is 22.4 Å². The third-order valence-electron chi connectivity index (χ3n) is 7.85. The molecule has 0 amide bonds. The van der Waals surface area contributed by atoms with Crippen LogP contribution in [0.5, 0.6) is 23.0 Å². The number of methoxy groups -OCH3 is 3. The van der Waals surface area contributed by atoms with Crippen LogP contribution in [-0.4, -0.2) is 58.1 Å². The summed E-state index contributed by atoms with van der Waals surface area (Å²) in [4.78, 5) is 36.2. The van der Waals surface area contributed by atoms with Gasteiger partial charge in [-0.05, 0) is 97.8 Å². The van der Waals surface area contributed by atoms with Gasteiger partial charge >= 0.3 is 5.97 Å². The minimum Gasteiger partial charge on any atom is -0.497 e. The van der Waals surface area contributed by atoms with Gasteiger partial charge in [0.15, 0.2) is 0 Å². The molecule has 0 N–H and O–H groups in total. The topological polar surface area (TPSA) is 110 Å². The number of ether oxygens (including phenoxy) is 5. The number of carbonyl (C=O) groups is 3. The van der Waals surface area contributed by atoms with Gasteiger partial charge in [-0.15, -0.1) is 11.3 Å². The Bertz CT molecular complexity index is 1860. The Morgan fingerprint density at radius 3 is 1.83 bits per heavy atom. The molecule has 0 aliphatic rings. The zero-order valence-corrected chi connectivity index (χ0v) is 32.3. The maximum Gasteiger partial charge on any atom is 0.330 e. The number of benzene rings is 4. The van der Waals surface area contributed by atoms with Gasteiger partial charge in [0.2, 0.25) is 0 Å². The number of hydrogen-bond donors (Lipinski definition) is 0. The van der Waals surface area contributed by atoms with Gasteiger partial charge < -0.3 is 23.7 Å². The number of aldehydes is 2. The van der Waals surface area contributed by atoms with Crippen molar-refractivity contribution in [1.82, 2.24) is 4.98 Å². The number of thiazole rings is 1. The second-order valence-corrected chi connectivity index (χ2v) is 12.8. The van der Waals surface area contributed by atoms with Crippen molar-refractivity contribution in [3.8, 4) is 23.0 Å². The van der Waals surface area contributed by atoms with Crippen LogP contribution in [-0.2, 0) is 16.0 Å². The molecule has 0 saturated heterocycles. The lowest BCUT2D eigenvalue weighted by Crippen LogP contribution is -2.02. The maximum absolute atomic E-state index is 10.8. The summed E-state index contributed by atoms with van der Waals surface area (Å²) in [5.74, 6) is 2.81. The highest BCUT2D eigenvalue weighted by molar-refractivity contribution is 7.19. The standard InChI is InChI=1S/C18H17NO3S.C16H20O4.C10H12O/c1-20-13-7-4-12(5-8-13)6-11-16-19-17-14(21-2)9-10-15(22-3)18(17)23-16;1-2-16(18)20-12-6-4-3-5-11-19-15-9-7-14(13-17)8-10-15;1-2-3-9-4-6-10(8-11)7-5-9/h4-11H,1-3H3;2,7-10,13H,1,3-6,11-12H2;4-8H,2-3H2,1H3/b11-6+;;. The fourth-order valence-electron chi connectivity index (χ4n) is 4.93. The summed E-state index contributed by atoms with van der Waals surface area (Å²) in [6, 6.07) is 26.4. The first-order valence-corrected chi connectivity index (χ1v) is 18.5. The maximum atomic E-state index is 10.8. The average molecular weight is 752 g/mol. The molecular formula is C44H49NO8S. The highest BCUT2D eigenvalue weighted by Gasteiger charge is 2.12. The number of carbonyl (C=O) groups excluding carboxylic acids is 3. The number of aryl methyl sites for hydroxylation is 1. The molecule has 0 radical (unpaired) electrons. The third kappa shape index (κ3) is 14.7. The summed E-state index contributed by atoms with van der Waals surface area (Å²) in [6.07, 6.45) is 12.9. The zero-order valence-electron chi connectivity index (χ0n) is 31.5. The molecule has 10 heteroatoms. The van der Waals surface area contributed by atoms with Crippen LogP contribution in [0.2, 0.25) is 0 Å². The molecule has 0 aliphatic heterocycles. The van der Waals surface area contributed by atoms with Gasteiger partial charge in [0, 0.05) is 17.2 Å². The van der Waals surface area contributed by atoms with E-state index in [1.807, 2.05) is 72.8 Å². The SMILES string of the molecule is C=CC(=O)OCCCCCCOc1ccc(C=O)cc1.CCCc1ccc(C=O)cc1.COc1ccc(/C=C/c2nc3c(OC)ccc(OC)c3s2)cc1. The number of unbranched alkanes of at least 4 members (excludes halogenated alkanes) is 3. The van der Waals surface area contributed by atoms with Crippen molar-refractivity contribution in [2.45, 2.75) is 45.4 Å². The van der Waals surface area contributed by atoms with E-state index in [0.717, 1.165) is 100 Å². The van der Waals surface area contributed by atoms with Gasteiger partial charge in [-0.25, -0.2) is 9.78 Å². The number of hydrogen-bond acceptors (Lipinski definition) is 10. The van der Waals surface area contributed by atoms with E-state index in [0.29, 0.717) is 18.8 Å². The van der Waals surface area contributed by atoms with E-state index in [-0.39, 0.29) is 5.97 Å². The molecule has 0 spiro atoms. The lowest BCUT2D eigenvalue weighted by molar-refractivity contribution is -0.137. The largest absolute Gasteiger partial charge is 0.497 e. The minimum atomic E-state index is -0.368. The molecule has 0 atom stereocenters. The van der Waals surface area contributed by atoms with E-state index in [2.05, 4.69) is 18.5 Å². The first-order valence-electron chi connectivity index (χ1n) is 17.7. The Morgan fingerprint density at radius 2 is 1.26 bits per heavy atom. The summed E-state index contributed by atoms with van der Waals surface area (Å²) in [7, 11) is 4.97. The Labute approximate surface area is 322 Å². The number of fused-ring (bicyclic) bond motifs is 1. The molecule has 0 fully saturated rings. The van der Waals surface area contributed by atoms with Crippen molar-refractivity contribution in [3.05, 3.63) is 125 Å².